The Balaban J connectivity index is 1.46. The molecule has 1 aliphatic carbocycles. The highest BCUT2D eigenvalue weighted by Gasteiger charge is 2.53. The number of fused-ring (bicyclic) bond motifs is 2. The number of ether oxygens (including phenoxy) is 2. The molecule has 1 aromatic heterocycles. The predicted molar refractivity (Wildman–Crippen MR) is 131 cm³/mol. The molecule has 192 valence electrons. The summed E-state index contributed by atoms with van der Waals surface area (Å²) in [5.74, 6) is -0.330. The molecule has 1 atom stereocenters. The van der Waals surface area contributed by atoms with E-state index in [2.05, 4.69) is 35.6 Å². The average molecular weight is 501 g/mol. The van der Waals surface area contributed by atoms with Crippen molar-refractivity contribution in [1.29, 1.82) is 0 Å². The molecule has 2 aliphatic rings. The second kappa shape index (κ2) is 8.18. The largest absolute Gasteiger partial charge is 0.586 e. The topological polar surface area (TPSA) is 93.0 Å². The van der Waals surface area contributed by atoms with Crippen LogP contribution in [0.2, 0.25) is 0 Å². The summed E-state index contributed by atoms with van der Waals surface area (Å²) >= 11 is 0. The van der Waals surface area contributed by atoms with Gasteiger partial charge in [-0.25, -0.2) is 0 Å². The van der Waals surface area contributed by atoms with Crippen LogP contribution in [0, 0.1) is 6.92 Å². The third-order valence-corrected chi connectivity index (χ3v) is 7.01. The van der Waals surface area contributed by atoms with Gasteiger partial charge >= 0.3 is 6.29 Å². The molecule has 5 rings (SSSR count). The van der Waals surface area contributed by atoms with Crippen LogP contribution >= 0.6 is 0 Å². The summed E-state index contributed by atoms with van der Waals surface area (Å²) in [5, 5.41) is 23.5. The first-order valence-electron chi connectivity index (χ1n) is 12.0. The SMILES string of the molecule is Cc1cc2c(cc1NC(=O)C1(c3ccc4c(c3)OC(F)(F)O4)CC1)cc(C(C)(C)C)n2C[C@@H](O)CO. The minimum absolute atomic E-state index is 0.0493. The van der Waals surface area contributed by atoms with Crippen LogP contribution in [0.3, 0.4) is 0 Å². The van der Waals surface area contributed by atoms with Crippen molar-refractivity contribution in [2.24, 2.45) is 0 Å². The lowest BCUT2D eigenvalue weighted by Crippen LogP contribution is -2.28. The van der Waals surface area contributed by atoms with Gasteiger partial charge in [0, 0.05) is 27.7 Å². The van der Waals surface area contributed by atoms with Crippen LogP contribution in [0.5, 0.6) is 11.5 Å². The van der Waals surface area contributed by atoms with Gasteiger partial charge < -0.3 is 29.6 Å². The lowest BCUT2D eigenvalue weighted by molar-refractivity contribution is -0.286. The second-order valence-corrected chi connectivity index (χ2v) is 10.8. The number of carbonyl (C=O) groups is 1. The normalized spacial score (nSPS) is 18.3. The molecule has 9 heteroatoms. The summed E-state index contributed by atoms with van der Waals surface area (Å²) in [4.78, 5) is 13.4. The monoisotopic (exact) mass is 500 g/mol. The number of anilines is 1. The molecule has 7 nitrogen and oxygen atoms in total. The Morgan fingerprint density at radius 2 is 1.83 bits per heavy atom. The number of alkyl halides is 2. The number of carbonyl (C=O) groups excluding carboxylic acids is 1. The number of nitrogens with one attached hydrogen (secondary N) is 1. The third kappa shape index (κ3) is 4.20. The fourth-order valence-electron chi connectivity index (χ4n) is 4.90. The number of halogens is 2. The first kappa shape index (κ1) is 24.5. The molecule has 3 aromatic rings. The molecule has 0 saturated heterocycles. The van der Waals surface area contributed by atoms with Gasteiger partial charge in [-0.3, -0.25) is 4.79 Å². The first-order chi connectivity index (χ1) is 16.8. The van der Waals surface area contributed by atoms with Gasteiger partial charge in [0.2, 0.25) is 5.91 Å². The van der Waals surface area contributed by atoms with E-state index in [0.717, 1.165) is 22.2 Å². The number of aliphatic hydroxyl groups is 2. The van der Waals surface area contributed by atoms with Gasteiger partial charge in [-0.2, -0.15) is 0 Å². The first-order valence-corrected chi connectivity index (χ1v) is 12.0. The highest BCUT2D eigenvalue weighted by Crippen LogP contribution is 2.52. The van der Waals surface area contributed by atoms with E-state index in [4.69, 9.17) is 0 Å². The summed E-state index contributed by atoms with van der Waals surface area (Å²) in [5.41, 5.74) is 2.99. The second-order valence-electron chi connectivity index (χ2n) is 10.8. The Labute approximate surface area is 207 Å². The highest BCUT2D eigenvalue weighted by atomic mass is 19.3. The fourth-order valence-corrected chi connectivity index (χ4v) is 4.90. The number of aliphatic hydroxyl groups excluding tert-OH is 2. The molecule has 0 radical (unpaired) electrons. The zero-order valence-electron chi connectivity index (χ0n) is 20.7. The van der Waals surface area contributed by atoms with Crippen molar-refractivity contribution < 1.29 is 33.3 Å². The highest BCUT2D eigenvalue weighted by molar-refractivity contribution is 6.03. The molecule has 1 fully saturated rings. The number of hydrogen-bond donors (Lipinski definition) is 3. The van der Waals surface area contributed by atoms with Crippen molar-refractivity contribution >= 4 is 22.5 Å². The van der Waals surface area contributed by atoms with Crippen LogP contribution in [0.25, 0.3) is 10.9 Å². The molecule has 0 bridgehead atoms. The maximum absolute atomic E-state index is 13.4. The molecule has 1 aliphatic heterocycles. The number of nitrogens with zero attached hydrogens (tertiary/aromatic N) is 1. The number of amides is 1. The maximum Gasteiger partial charge on any atom is 0.586 e. The van der Waals surface area contributed by atoms with Crippen molar-refractivity contribution in [2.75, 3.05) is 11.9 Å². The summed E-state index contributed by atoms with van der Waals surface area (Å²) in [7, 11) is 0. The lowest BCUT2D eigenvalue weighted by Gasteiger charge is -2.23. The van der Waals surface area contributed by atoms with Crippen LogP contribution in [0.1, 0.15) is 50.4 Å². The van der Waals surface area contributed by atoms with Crippen LogP contribution < -0.4 is 14.8 Å². The van der Waals surface area contributed by atoms with Crippen molar-refractivity contribution in [3.05, 3.63) is 53.2 Å². The summed E-state index contributed by atoms with van der Waals surface area (Å²) in [6.45, 7) is 8.05. The van der Waals surface area contributed by atoms with Crippen LogP contribution in [0.4, 0.5) is 14.5 Å². The van der Waals surface area contributed by atoms with Crippen molar-refractivity contribution in [3.8, 4) is 11.5 Å². The van der Waals surface area contributed by atoms with Gasteiger partial charge in [0.05, 0.1) is 24.7 Å². The lowest BCUT2D eigenvalue weighted by atomic mass is 9.92. The van der Waals surface area contributed by atoms with E-state index in [0.29, 0.717) is 24.1 Å². The Morgan fingerprint density at radius 3 is 2.47 bits per heavy atom. The minimum Gasteiger partial charge on any atom is -0.395 e. The standard InChI is InChI=1S/C27H30F2N2O5/c1-15-9-20-16(11-23(25(2,3)4)31(20)13-18(33)14-32)10-19(15)30-24(34)26(7-8-26)17-5-6-21-22(12-17)36-27(28,29)35-21/h5-6,9-12,18,32-33H,7-8,13-14H2,1-4H3,(H,30,34)/t18-/m1/s1. The van der Waals surface area contributed by atoms with Gasteiger partial charge in [-0.1, -0.05) is 26.8 Å². The molecule has 3 N–H and O–H groups in total. The number of aryl methyl sites for hydroxylation is 1. The minimum atomic E-state index is -3.71. The van der Waals surface area contributed by atoms with E-state index in [1.807, 2.05) is 29.7 Å². The summed E-state index contributed by atoms with van der Waals surface area (Å²) < 4.78 is 37.9. The van der Waals surface area contributed by atoms with E-state index in [-0.39, 0.29) is 36.0 Å². The molecule has 1 amide bonds. The molecular weight excluding hydrogens is 470 g/mol. The molecule has 36 heavy (non-hydrogen) atoms. The molecule has 0 spiro atoms. The van der Waals surface area contributed by atoms with Gasteiger partial charge in [-0.05, 0) is 61.2 Å². The Hall–Kier alpha value is -3.17. The quantitative estimate of drug-likeness (QED) is 0.460. The van der Waals surface area contributed by atoms with Crippen molar-refractivity contribution in [3.63, 3.8) is 0 Å². The number of rotatable bonds is 6. The Morgan fingerprint density at radius 1 is 1.14 bits per heavy atom. The maximum atomic E-state index is 13.4. The van der Waals surface area contributed by atoms with Gasteiger partial charge in [0.15, 0.2) is 11.5 Å². The fraction of sp³-hybridized carbons (Fsp3) is 0.444. The molecule has 0 unspecified atom stereocenters. The predicted octanol–water partition coefficient (Wildman–Crippen LogP) is 4.59. The molecular formula is C27H30F2N2O5. The zero-order valence-corrected chi connectivity index (χ0v) is 20.7. The van der Waals surface area contributed by atoms with E-state index in [1.54, 1.807) is 6.07 Å². The van der Waals surface area contributed by atoms with E-state index in [9.17, 15) is 23.8 Å². The number of benzene rings is 2. The Kier molecular flexibility index (Phi) is 5.57. The third-order valence-electron chi connectivity index (χ3n) is 7.01. The summed E-state index contributed by atoms with van der Waals surface area (Å²) in [6, 6.07) is 10.4. The van der Waals surface area contributed by atoms with E-state index < -0.39 is 17.8 Å². The number of aromatic nitrogens is 1. The van der Waals surface area contributed by atoms with Crippen molar-refractivity contribution in [1.82, 2.24) is 4.57 Å². The van der Waals surface area contributed by atoms with Crippen LogP contribution in [-0.4, -0.2) is 39.7 Å². The van der Waals surface area contributed by atoms with Gasteiger partial charge in [0.25, 0.3) is 0 Å². The summed E-state index contributed by atoms with van der Waals surface area (Å²) in [6.07, 6.45) is -3.40. The molecule has 1 saturated carbocycles. The van der Waals surface area contributed by atoms with Crippen molar-refractivity contribution in [2.45, 2.75) is 70.3 Å². The number of hydrogen-bond acceptors (Lipinski definition) is 5. The average Bonchev–Trinajstić information content (AvgIpc) is 3.44. The molecule has 2 aromatic carbocycles. The van der Waals surface area contributed by atoms with Crippen LogP contribution in [-0.2, 0) is 22.2 Å². The van der Waals surface area contributed by atoms with E-state index in [1.165, 1.54) is 12.1 Å². The molecule has 2 heterocycles. The van der Waals surface area contributed by atoms with Gasteiger partial charge in [-0.15, -0.1) is 8.78 Å². The van der Waals surface area contributed by atoms with Crippen LogP contribution in [0.15, 0.2) is 36.4 Å². The zero-order chi connectivity index (χ0) is 26.0. The van der Waals surface area contributed by atoms with Gasteiger partial charge in [0.1, 0.15) is 0 Å². The van der Waals surface area contributed by atoms with E-state index >= 15 is 0 Å². The Bertz CT molecular complexity index is 1350. The smallest absolute Gasteiger partial charge is 0.395 e.